The van der Waals surface area contributed by atoms with Gasteiger partial charge in [-0.1, -0.05) is 31.1 Å². The first-order chi connectivity index (χ1) is 9.08. The van der Waals surface area contributed by atoms with Gasteiger partial charge in [0.25, 0.3) is 0 Å². The molecule has 0 saturated carbocycles. The fourth-order valence-corrected chi connectivity index (χ4v) is 2.86. The molecular weight excluding hydrogens is 326 g/mol. The third-order valence-electron chi connectivity index (χ3n) is 2.68. The van der Waals surface area contributed by atoms with Crippen molar-refractivity contribution in [3.05, 3.63) is 40.5 Å². The third-order valence-corrected chi connectivity index (χ3v) is 4.70. The Hall–Kier alpha value is -0.850. The van der Waals surface area contributed by atoms with E-state index in [-0.39, 0.29) is 12.0 Å². The van der Waals surface area contributed by atoms with Gasteiger partial charge in [0, 0.05) is 9.37 Å². The molecule has 1 heterocycles. The van der Waals surface area contributed by atoms with Crippen molar-refractivity contribution in [3.8, 4) is 0 Å². The second kappa shape index (κ2) is 6.54. The van der Waals surface area contributed by atoms with Crippen molar-refractivity contribution in [3.63, 3.8) is 0 Å². The first kappa shape index (κ1) is 14.6. The van der Waals surface area contributed by atoms with E-state index >= 15 is 0 Å². The van der Waals surface area contributed by atoms with Crippen LogP contribution in [0.15, 0.2) is 38.2 Å². The monoisotopic (exact) mass is 341 g/mol. The summed E-state index contributed by atoms with van der Waals surface area (Å²) in [4.78, 5) is 5.49. The molecule has 1 atom stereocenters. The number of thioether (sulfide) groups is 1. The van der Waals surface area contributed by atoms with Crippen LogP contribution in [0.1, 0.15) is 31.6 Å². The van der Waals surface area contributed by atoms with Gasteiger partial charge in [0.2, 0.25) is 5.89 Å². The minimum atomic E-state index is -0.199. The summed E-state index contributed by atoms with van der Waals surface area (Å²) in [6, 6.07) is 7.86. The average Bonchev–Trinajstić information content (AvgIpc) is 2.85. The standard InChI is InChI=1S/C13H16BrN3OS/c1-8(2)12(15)13-16-11(17-18-13)7-19-10-6-4-3-5-9(10)14/h3-6,8,12H,7,15H2,1-2H3/t12-/m0/s1. The fourth-order valence-electron chi connectivity index (χ4n) is 1.45. The van der Waals surface area contributed by atoms with Gasteiger partial charge in [-0.15, -0.1) is 11.8 Å². The van der Waals surface area contributed by atoms with Crippen molar-refractivity contribution in [2.45, 2.75) is 30.5 Å². The molecule has 19 heavy (non-hydrogen) atoms. The summed E-state index contributed by atoms with van der Waals surface area (Å²) in [6.07, 6.45) is 0. The zero-order chi connectivity index (χ0) is 13.8. The smallest absolute Gasteiger partial charge is 0.243 e. The molecule has 0 aliphatic rings. The largest absolute Gasteiger partial charge is 0.338 e. The highest BCUT2D eigenvalue weighted by Gasteiger charge is 2.18. The number of nitrogens with two attached hydrogens (primary N) is 1. The van der Waals surface area contributed by atoms with Crippen LogP contribution in [0.2, 0.25) is 0 Å². The molecule has 0 saturated heterocycles. The molecule has 1 aromatic heterocycles. The van der Waals surface area contributed by atoms with Gasteiger partial charge in [0.15, 0.2) is 5.82 Å². The highest BCUT2D eigenvalue weighted by Crippen LogP contribution is 2.29. The fraction of sp³-hybridized carbons (Fsp3) is 0.385. The second-order valence-corrected chi connectivity index (χ2v) is 6.41. The van der Waals surface area contributed by atoms with E-state index in [4.69, 9.17) is 10.3 Å². The van der Waals surface area contributed by atoms with E-state index in [9.17, 15) is 0 Å². The zero-order valence-electron chi connectivity index (χ0n) is 10.8. The number of nitrogens with zero attached hydrogens (tertiary/aromatic N) is 2. The number of hydrogen-bond acceptors (Lipinski definition) is 5. The Bertz CT molecular complexity index is 544. The summed E-state index contributed by atoms with van der Waals surface area (Å²) in [5.41, 5.74) is 5.97. The Labute approximate surface area is 125 Å². The van der Waals surface area contributed by atoms with Crippen LogP contribution < -0.4 is 5.73 Å². The second-order valence-electron chi connectivity index (χ2n) is 4.54. The van der Waals surface area contributed by atoms with Crippen LogP contribution in [0.25, 0.3) is 0 Å². The maximum absolute atomic E-state index is 5.97. The van der Waals surface area contributed by atoms with Crippen molar-refractivity contribution in [1.29, 1.82) is 0 Å². The van der Waals surface area contributed by atoms with Gasteiger partial charge in [-0.05, 0) is 34.0 Å². The lowest BCUT2D eigenvalue weighted by Gasteiger charge is -2.09. The van der Waals surface area contributed by atoms with Crippen LogP contribution in [-0.2, 0) is 5.75 Å². The number of hydrogen-bond donors (Lipinski definition) is 1. The van der Waals surface area contributed by atoms with E-state index in [1.54, 1.807) is 11.8 Å². The summed E-state index contributed by atoms with van der Waals surface area (Å²) in [7, 11) is 0. The van der Waals surface area contributed by atoms with Crippen LogP contribution in [0.3, 0.4) is 0 Å². The number of halogens is 1. The highest BCUT2D eigenvalue weighted by molar-refractivity contribution is 9.10. The van der Waals surface area contributed by atoms with Gasteiger partial charge < -0.3 is 10.3 Å². The molecule has 0 radical (unpaired) electrons. The van der Waals surface area contributed by atoms with Crippen molar-refractivity contribution < 1.29 is 4.52 Å². The molecule has 4 nitrogen and oxygen atoms in total. The van der Waals surface area contributed by atoms with E-state index in [1.807, 2.05) is 32.0 Å². The number of benzene rings is 1. The van der Waals surface area contributed by atoms with Crippen molar-refractivity contribution >= 4 is 27.7 Å². The number of rotatable bonds is 5. The Morgan fingerprint density at radius 1 is 1.37 bits per heavy atom. The van der Waals surface area contributed by atoms with E-state index in [0.717, 1.165) is 9.37 Å². The van der Waals surface area contributed by atoms with Crippen LogP contribution in [0.4, 0.5) is 0 Å². The molecule has 0 spiro atoms. The van der Waals surface area contributed by atoms with Gasteiger partial charge in [-0.3, -0.25) is 0 Å². The Balaban J connectivity index is 1.99. The minimum absolute atomic E-state index is 0.199. The molecule has 6 heteroatoms. The van der Waals surface area contributed by atoms with Gasteiger partial charge in [0.05, 0.1) is 11.8 Å². The van der Waals surface area contributed by atoms with E-state index in [1.165, 1.54) is 0 Å². The molecule has 1 aromatic carbocycles. The molecule has 0 fully saturated rings. The molecule has 0 bridgehead atoms. The van der Waals surface area contributed by atoms with Crippen LogP contribution in [0, 0.1) is 5.92 Å². The summed E-state index contributed by atoms with van der Waals surface area (Å²) >= 11 is 5.17. The Morgan fingerprint density at radius 3 is 2.79 bits per heavy atom. The first-order valence-corrected chi connectivity index (χ1v) is 7.81. The van der Waals surface area contributed by atoms with Crippen LogP contribution >= 0.6 is 27.7 Å². The summed E-state index contributed by atoms with van der Waals surface area (Å²) in [5.74, 6) is 2.13. The van der Waals surface area contributed by atoms with E-state index in [2.05, 4.69) is 32.1 Å². The van der Waals surface area contributed by atoms with Crippen molar-refractivity contribution in [1.82, 2.24) is 10.1 Å². The minimum Gasteiger partial charge on any atom is -0.338 e. The molecule has 2 aromatic rings. The normalized spacial score (nSPS) is 12.9. The molecule has 0 aliphatic heterocycles. The quantitative estimate of drug-likeness (QED) is 0.838. The van der Waals surface area contributed by atoms with Crippen LogP contribution in [-0.4, -0.2) is 10.1 Å². The molecule has 0 aliphatic carbocycles. The van der Waals surface area contributed by atoms with Crippen molar-refractivity contribution in [2.24, 2.45) is 11.7 Å². The molecular formula is C13H16BrN3OS. The molecule has 0 amide bonds. The summed E-state index contributed by atoms with van der Waals surface area (Å²) < 4.78 is 6.27. The molecule has 0 unspecified atom stereocenters. The predicted octanol–water partition coefficient (Wildman–Crippen LogP) is 3.78. The maximum atomic E-state index is 5.97. The Morgan fingerprint density at radius 2 is 2.11 bits per heavy atom. The van der Waals surface area contributed by atoms with Crippen molar-refractivity contribution in [2.75, 3.05) is 0 Å². The van der Waals surface area contributed by atoms with Gasteiger partial charge in [-0.2, -0.15) is 4.98 Å². The van der Waals surface area contributed by atoms with E-state index < -0.39 is 0 Å². The average molecular weight is 342 g/mol. The van der Waals surface area contributed by atoms with Gasteiger partial charge in [-0.25, -0.2) is 0 Å². The molecule has 2 rings (SSSR count). The lowest BCUT2D eigenvalue weighted by molar-refractivity contribution is 0.323. The van der Waals surface area contributed by atoms with E-state index in [0.29, 0.717) is 17.5 Å². The molecule has 2 N–H and O–H groups in total. The zero-order valence-corrected chi connectivity index (χ0v) is 13.2. The summed E-state index contributed by atoms with van der Waals surface area (Å²) in [6.45, 7) is 4.06. The summed E-state index contributed by atoms with van der Waals surface area (Å²) in [5, 5.41) is 3.96. The highest BCUT2D eigenvalue weighted by atomic mass is 79.9. The van der Waals surface area contributed by atoms with Crippen LogP contribution in [0.5, 0.6) is 0 Å². The Kier molecular flexibility index (Phi) is 5.01. The third kappa shape index (κ3) is 3.81. The lowest BCUT2D eigenvalue weighted by atomic mass is 10.1. The maximum Gasteiger partial charge on any atom is 0.243 e. The topological polar surface area (TPSA) is 64.9 Å². The van der Waals surface area contributed by atoms with Gasteiger partial charge in [0.1, 0.15) is 0 Å². The SMILES string of the molecule is CC(C)[C@H](N)c1nc(CSc2ccccc2Br)no1. The predicted molar refractivity (Wildman–Crippen MR) is 79.8 cm³/mol. The van der Waals surface area contributed by atoms with Gasteiger partial charge >= 0.3 is 0 Å². The number of aromatic nitrogens is 2. The molecule has 102 valence electrons. The first-order valence-electron chi connectivity index (χ1n) is 6.03. The lowest BCUT2D eigenvalue weighted by Crippen LogP contribution is -2.17.